The highest BCUT2D eigenvalue weighted by Gasteiger charge is 2.13. The Morgan fingerprint density at radius 2 is 1.94 bits per heavy atom. The van der Waals surface area contributed by atoms with Crippen LogP contribution in [0.1, 0.15) is 24.8 Å². The van der Waals surface area contributed by atoms with E-state index in [9.17, 15) is 0 Å². The first-order valence-corrected chi connectivity index (χ1v) is 6.63. The van der Waals surface area contributed by atoms with Crippen LogP contribution in [0, 0.1) is 0 Å². The Kier molecular flexibility index (Phi) is 3.10. The number of fused-ring (bicyclic) bond motifs is 1. The molecule has 0 spiro atoms. The summed E-state index contributed by atoms with van der Waals surface area (Å²) < 4.78 is 0. The van der Waals surface area contributed by atoms with Gasteiger partial charge < -0.3 is 5.32 Å². The summed E-state index contributed by atoms with van der Waals surface area (Å²) in [6.45, 7) is 1.21. The van der Waals surface area contributed by atoms with E-state index in [1.807, 2.05) is 0 Å². The molecule has 1 N–H and O–H groups in total. The summed E-state index contributed by atoms with van der Waals surface area (Å²) in [5.41, 5.74) is 1.50. The predicted octanol–water partition coefficient (Wildman–Crippen LogP) is 3.52. The van der Waals surface area contributed by atoms with Gasteiger partial charge in [-0.1, -0.05) is 42.5 Å². The molecule has 1 heteroatoms. The molecule has 1 heterocycles. The molecule has 1 atom stereocenters. The second kappa shape index (κ2) is 4.89. The zero-order valence-corrected chi connectivity index (χ0v) is 10.2. The second-order valence-corrected chi connectivity index (χ2v) is 4.97. The van der Waals surface area contributed by atoms with Gasteiger partial charge in [0.25, 0.3) is 0 Å². The first-order valence-electron chi connectivity index (χ1n) is 6.63. The van der Waals surface area contributed by atoms with E-state index in [0.29, 0.717) is 0 Å². The van der Waals surface area contributed by atoms with E-state index in [-0.39, 0.29) is 0 Å². The van der Waals surface area contributed by atoms with Crippen LogP contribution in [-0.4, -0.2) is 12.6 Å². The highest BCUT2D eigenvalue weighted by molar-refractivity contribution is 5.85. The molecule has 0 bridgehead atoms. The van der Waals surface area contributed by atoms with Crippen molar-refractivity contribution in [2.24, 2.45) is 0 Å². The van der Waals surface area contributed by atoms with Gasteiger partial charge in [0.2, 0.25) is 0 Å². The highest BCUT2D eigenvalue weighted by Crippen LogP contribution is 2.21. The van der Waals surface area contributed by atoms with Crippen molar-refractivity contribution < 1.29 is 0 Å². The third-order valence-corrected chi connectivity index (χ3v) is 3.80. The number of nitrogens with one attached hydrogen (secondary N) is 1. The molecule has 0 aromatic heterocycles. The molecule has 1 unspecified atom stereocenters. The minimum absolute atomic E-state index is 0.744. The predicted molar refractivity (Wildman–Crippen MR) is 73.3 cm³/mol. The molecule has 88 valence electrons. The van der Waals surface area contributed by atoms with Gasteiger partial charge in [0, 0.05) is 6.04 Å². The largest absolute Gasteiger partial charge is 0.314 e. The van der Waals surface area contributed by atoms with E-state index in [4.69, 9.17) is 0 Å². The Balaban J connectivity index is 1.79. The van der Waals surface area contributed by atoms with Crippen LogP contribution in [0.5, 0.6) is 0 Å². The summed E-state index contributed by atoms with van der Waals surface area (Å²) in [7, 11) is 0. The number of benzene rings is 2. The van der Waals surface area contributed by atoms with Crippen LogP contribution in [0.3, 0.4) is 0 Å². The molecule has 2 aromatic rings. The summed E-state index contributed by atoms with van der Waals surface area (Å²) in [5.74, 6) is 0. The molecule has 0 saturated carbocycles. The van der Waals surface area contributed by atoms with Crippen molar-refractivity contribution in [3.8, 4) is 0 Å². The summed E-state index contributed by atoms with van der Waals surface area (Å²) in [6, 6.07) is 16.1. The van der Waals surface area contributed by atoms with Gasteiger partial charge in [-0.05, 0) is 48.6 Å². The Bertz CT molecular complexity index is 492. The fourth-order valence-electron chi connectivity index (χ4n) is 2.84. The van der Waals surface area contributed by atoms with Gasteiger partial charge in [0.15, 0.2) is 0 Å². The smallest absolute Gasteiger partial charge is 0.00707 e. The maximum atomic E-state index is 3.57. The van der Waals surface area contributed by atoms with Crippen LogP contribution >= 0.6 is 0 Å². The van der Waals surface area contributed by atoms with Crippen molar-refractivity contribution in [1.29, 1.82) is 0 Å². The van der Waals surface area contributed by atoms with Gasteiger partial charge >= 0.3 is 0 Å². The maximum Gasteiger partial charge on any atom is 0.00707 e. The molecule has 0 amide bonds. The Morgan fingerprint density at radius 3 is 2.82 bits per heavy atom. The standard InChI is InChI=1S/C16H19N/c1-2-9-16-13(5-1)6-3-7-14(16)10-11-15-8-4-12-17-15/h1-3,5-7,9,15,17H,4,8,10-12H2. The molecule has 3 rings (SSSR count). The van der Waals surface area contributed by atoms with Crippen LogP contribution in [0.4, 0.5) is 0 Å². The normalized spacial score (nSPS) is 19.9. The SMILES string of the molecule is c1ccc2c(CCC3CCCN3)cccc2c1. The first kappa shape index (κ1) is 10.8. The molecular weight excluding hydrogens is 206 g/mol. The fourth-order valence-corrected chi connectivity index (χ4v) is 2.84. The summed E-state index contributed by atoms with van der Waals surface area (Å²) in [4.78, 5) is 0. The summed E-state index contributed by atoms with van der Waals surface area (Å²) in [5, 5.41) is 6.36. The van der Waals surface area contributed by atoms with Gasteiger partial charge in [-0.3, -0.25) is 0 Å². The monoisotopic (exact) mass is 225 g/mol. The van der Waals surface area contributed by atoms with Crippen LogP contribution in [0.2, 0.25) is 0 Å². The second-order valence-electron chi connectivity index (χ2n) is 4.97. The van der Waals surface area contributed by atoms with E-state index in [1.165, 1.54) is 48.6 Å². The van der Waals surface area contributed by atoms with Crippen molar-refractivity contribution in [3.63, 3.8) is 0 Å². The maximum absolute atomic E-state index is 3.57. The van der Waals surface area contributed by atoms with Crippen molar-refractivity contribution in [1.82, 2.24) is 5.32 Å². The highest BCUT2D eigenvalue weighted by atomic mass is 14.9. The molecule has 1 saturated heterocycles. The third kappa shape index (κ3) is 2.34. The van der Waals surface area contributed by atoms with Crippen molar-refractivity contribution in [2.75, 3.05) is 6.54 Å². The molecular formula is C16H19N. The average Bonchev–Trinajstić information content (AvgIpc) is 2.89. The molecule has 0 aliphatic carbocycles. The number of rotatable bonds is 3. The van der Waals surface area contributed by atoms with Crippen LogP contribution in [0.25, 0.3) is 10.8 Å². The fraction of sp³-hybridized carbons (Fsp3) is 0.375. The topological polar surface area (TPSA) is 12.0 Å². The van der Waals surface area contributed by atoms with Crippen molar-refractivity contribution in [3.05, 3.63) is 48.0 Å². The third-order valence-electron chi connectivity index (χ3n) is 3.80. The van der Waals surface area contributed by atoms with Gasteiger partial charge in [0.05, 0.1) is 0 Å². The number of hydrogen-bond acceptors (Lipinski definition) is 1. The Morgan fingerprint density at radius 1 is 1.06 bits per heavy atom. The van der Waals surface area contributed by atoms with Gasteiger partial charge in [0.1, 0.15) is 0 Å². The molecule has 2 aromatic carbocycles. The lowest BCUT2D eigenvalue weighted by molar-refractivity contribution is 0.560. The van der Waals surface area contributed by atoms with Crippen molar-refractivity contribution >= 4 is 10.8 Å². The molecule has 1 nitrogen and oxygen atoms in total. The minimum Gasteiger partial charge on any atom is -0.314 e. The molecule has 17 heavy (non-hydrogen) atoms. The molecule has 1 fully saturated rings. The van der Waals surface area contributed by atoms with E-state index in [0.717, 1.165) is 6.04 Å². The van der Waals surface area contributed by atoms with Crippen LogP contribution in [-0.2, 0) is 6.42 Å². The van der Waals surface area contributed by atoms with Crippen molar-refractivity contribution in [2.45, 2.75) is 31.7 Å². The Hall–Kier alpha value is -1.34. The number of aryl methyl sites for hydroxylation is 1. The van der Waals surface area contributed by atoms with E-state index >= 15 is 0 Å². The van der Waals surface area contributed by atoms with Crippen LogP contribution < -0.4 is 5.32 Å². The average molecular weight is 225 g/mol. The molecule has 0 radical (unpaired) electrons. The zero-order chi connectivity index (χ0) is 11.5. The molecule has 1 aliphatic heterocycles. The van der Waals surface area contributed by atoms with Gasteiger partial charge in [-0.2, -0.15) is 0 Å². The lowest BCUT2D eigenvalue weighted by atomic mass is 9.98. The van der Waals surface area contributed by atoms with Gasteiger partial charge in [-0.25, -0.2) is 0 Å². The van der Waals surface area contributed by atoms with E-state index < -0.39 is 0 Å². The lowest BCUT2D eigenvalue weighted by Crippen LogP contribution is -2.21. The van der Waals surface area contributed by atoms with E-state index in [1.54, 1.807) is 0 Å². The zero-order valence-electron chi connectivity index (χ0n) is 10.2. The quantitative estimate of drug-likeness (QED) is 0.842. The summed E-state index contributed by atoms with van der Waals surface area (Å²) in [6.07, 6.45) is 5.16. The van der Waals surface area contributed by atoms with Crippen LogP contribution in [0.15, 0.2) is 42.5 Å². The van der Waals surface area contributed by atoms with E-state index in [2.05, 4.69) is 47.8 Å². The van der Waals surface area contributed by atoms with Gasteiger partial charge in [-0.15, -0.1) is 0 Å². The minimum atomic E-state index is 0.744. The first-order chi connectivity index (χ1) is 8.43. The lowest BCUT2D eigenvalue weighted by Gasteiger charge is -2.11. The molecule has 1 aliphatic rings. The Labute approximate surface area is 103 Å². The number of hydrogen-bond donors (Lipinski definition) is 1. The summed E-state index contributed by atoms with van der Waals surface area (Å²) >= 11 is 0.